The van der Waals surface area contributed by atoms with E-state index >= 15 is 0 Å². The number of hydrogen-bond acceptors (Lipinski definition) is 4. The fraction of sp³-hybridized carbons (Fsp3) is 0.476. The van der Waals surface area contributed by atoms with Crippen LogP contribution in [0.5, 0.6) is 0 Å². The van der Waals surface area contributed by atoms with Crippen molar-refractivity contribution in [2.75, 3.05) is 23.8 Å². The zero-order valence-electron chi connectivity index (χ0n) is 16.8. The molecule has 0 saturated heterocycles. The van der Waals surface area contributed by atoms with Gasteiger partial charge in [0.15, 0.2) is 0 Å². The maximum absolute atomic E-state index is 12.6. The van der Waals surface area contributed by atoms with Crippen molar-refractivity contribution < 1.29 is 4.79 Å². The maximum Gasteiger partial charge on any atom is 0.274 e. The van der Waals surface area contributed by atoms with Crippen molar-refractivity contribution in [3.63, 3.8) is 0 Å². The van der Waals surface area contributed by atoms with E-state index in [-0.39, 0.29) is 11.3 Å². The second kappa shape index (κ2) is 8.30. The van der Waals surface area contributed by atoms with Gasteiger partial charge in [0.25, 0.3) is 5.91 Å². The molecular weight excluding hydrogens is 324 g/mol. The Morgan fingerprint density at radius 2 is 1.81 bits per heavy atom. The monoisotopic (exact) mass is 354 g/mol. The molecule has 1 N–H and O–H groups in total. The SMILES string of the molecule is CCCCN(C)c1cc(C(=O)Nc2ccc(C(C)(C)C)cc2)nc(C)n1. The van der Waals surface area contributed by atoms with Gasteiger partial charge in [0, 0.05) is 25.3 Å². The van der Waals surface area contributed by atoms with E-state index < -0.39 is 0 Å². The lowest BCUT2D eigenvalue weighted by atomic mass is 9.87. The Morgan fingerprint density at radius 1 is 1.15 bits per heavy atom. The average molecular weight is 354 g/mol. The standard InChI is InChI=1S/C21H30N4O/c1-7-8-13-25(6)19-14-18(22-15(2)23-19)20(26)24-17-11-9-16(10-12-17)21(3,4)5/h9-12,14H,7-8,13H2,1-6H3,(H,24,26). The van der Waals surface area contributed by atoms with E-state index in [1.54, 1.807) is 6.07 Å². The Balaban J connectivity index is 2.15. The Kier molecular flexibility index (Phi) is 6.35. The second-order valence-electron chi connectivity index (χ2n) is 7.72. The number of carbonyl (C=O) groups is 1. The second-order valence-corrected chi connectivity index (χ2v) is 7.72. The van der Waals surface area contributed by atoms with Crippen molar-refractivity contribution in [2.24, 2.45) is 0 Å². The Morgan fingerprint density at radius 3 is 2.38 bits per heavy atom. The molecule has 5 heteroatoms. The third-order valence-electron chi connectivity index (χ3n) is 4.30. The highest BCUT2D eigenvalue weighted by Gasteiger charge is 2.15. The summed E-state index contributed by atoms with van der Waals surface area (Å²) < 4.78 is 0. The first-order valence-corrected chi connectivity index (χ1v) is 9.19. The molecule has 2 aromatic rings. The van der Waals surface area contributed by atoms with Crippen LogP contribution < -0.4 is 10.2 Å². The molecule has 0 radical (unpaired) electrons. The zero-order chi connectivity index (χ0) is 19.3. The van der Waals surface area contributed by atoms with E-state index in [1.807, 2.05) is 38.2 Å². The Hall–Kier alpha value is -2.43. The molecule has 0 aliphatic rings. The van der Waals surface area contributed by atoms with E-state index in [0.717, 1.165) is 30.9 Å². The van der Waals surface area contributed by atoms with Crippen LogP contribution in [0.15, 0.2) is 30.3 Å². The van der Waals surface area contributed by atoms with Crippen LogP contribution in [-0.2, 0) is 5.41 Å². The van der Waals surface area contributed by atoms with Crippen LogP contribution in [0.3, 0.4) is 0 Å². The van der Waals surface area contributed by atoms with Crippen LogP contribution in [0.25, 0.3) is 0 Å². The van der Waals surface area contributed by atoms with Gasteiger partial charge in [-0.25, -0.2) is 9.97 Å². The normalized spacial score (nSPS) is 11.3. The lowest BCUT2D eigenvalue weighted by Crippen LogP contribution is -2.22. The van der Waals surface area contributed by atoms with Gasteiger partial charge in [-0.2, -0.15) is 0 Å². The molecule has 0 saturated carbocycles. The summed E-state index contributed by atoms with van der Waals surface area (Å²) in [5.41, 5.74) is 2.47. The van der Waals surface area contributed by atoms with Crippen molar-refractivity contribution in [1.29, 1.82) is 0 Å². The number of rotatable bonds is 6. The third-order valence-corrected chi connectivity index (χ3v) is 4.30. The minimum absolute atomic E-state index is 0.0876. The average Bonchev–Trinajstić information content (AvgIpc) is 2.58. The van der Waals surface area contributed by atoms with Crippen molar-refractivity contribution in [1.82, 2.24) is 9.97 Å². The predicted octanol–water partition coefficient (Wildman–Crippen LogP) is 4.57. The molecule has 1 aromatic heterocycles. The van der Waals surface area contributed by atoms with E-state index in [1.165, 1.54) is 5.56 Å². The maximum atomic E-state index is 12.6. The van der Waals surface area contributed by atoms with E-state index in [9.17, 15) is 4.79 Å². The Labute approximate surface area is 156 Å². The quantitative estimate of drug-likeness (QED) is 0.825. The number of unbranched alkanes of at least 4 members (excludes halogenated alkanes) is 1. The number of nitrogens with zero attached hydrogens (tertiary/aromatic N) is 3. The van der Waals surface area contributed by atoms with Crippen molar-refractivity contribution >= 4 is 17.4 Å². The summed E-state index contributed by atoms with van der Waals surface area (Å²) in [4.78, 5) is 23.4. The largest absolute Gasteiger partial charge is 0.360 e. The number of benzene rings is 1. The van der Waals surface area contributed by atoms with Gasteiger partial charge in [0.1, 0.15) is 17.3 Å². The van der Waals surface area contributed by atoms with Crippen LogP contribution >= 0.6 is 0 Å². The summed E-state index contributed by atoms with van der Waals surface area (Å²) in [5, 5.41) is 2.93. The molecular formula is C21H30N4O. The molecule has 0 unspecified atom stereocenters. The highest BCUT2D eigenvalue weighted by Crippen LogP contribution is 2.23. The van der Waals surface area contributed by atoms with Crippen LogP contribution in [0.4, 0.5) is 11.5 Å². The van der Waals surface area contributed by atoms with Crippen LogP contribution in [0, 0.1) is 6.92 Å². The molecule has 2 rings (SSSR count). The first-order valence-electron chi connectivity index (χ1n) is 9.19. The van der Waals surface area contributed by atoms with E-state index in [4.69, 9.17) is 0 Å². The minimum atomic E-state index is -0.218. The first kappa shape index (κ1) is 19.9. The van der Waals surface area contributed by atoms with Gasteiger partial charge in [-0.3, -0.25) is 4.79 Å². The first-order chi connectivity index (χ1) is 12.2. The van der Waals surface area contributed by atoms with Gasteiger partial charge >= 0.3 is 0 Å². The highest BCUT2D eigenvalue weighted by atomic mass is 16.1. The number of aromatic nitrogens is 2. The number of carbonyl (C=O) groups excluding carboxylic acids is 1. The molecule has 1 amide bonds. The van der Waals surface area contributed by atoms with E-state index in [0.29, 0.717) is 11.5 Å². The molecule has 26 heavy (non-hydrogen) atoms. The molecule has 1 heterocycles. The highest BCUT2D eigenvalue weighted by molar-refractivity contribution is 6.03. The van der Waals surface area contributed by atoms with Crippen molar-refractivity contribution in [3.05, 3.63) is 47.4 Å². The molecule has 0 aliphatic carbocycles. The van der Waals surface area contributed by atoms with Crippen LogP contribution in [0.1, 0.15) is 62.4 Å². The molecule has 5 nitrogen and oxygen atoms in total. The van der Waals surface area contributed by atoms with Crippen LogP contribution in [0.2, 0.25) is 0 Å². The number of hydrogen-bond donors (Lipinski definition) is 1. The topological polar surface area (TPSA) is 58.1 Å². The summed E-state index contributed by atoms with van der Waals surface area (Å²) in [6, 6.07) is 9.71. The molecule has 1 aromatic carbocycles. The van der Waals surface area contributed by atoms with Crippen LogP contribution in [-0.4, -0.2) is 29.5 Å². The molecule has 0 atom stereocenters. The Bertz CT molecular complexity index is 748. The molecule has 0 bridgehead atoms. The van der Waals surface area contributed by atoms with Gasteiger partial charge in [-0.15, -0.1) is 0 Å². The van der Waals surface area contributed by atoms with Gasteiger partial charge < -0.3 is 10.2 Å². The molecule has 0 spiro atoms. The van der Waals surface area contributed by atoms with Gasteiger partial charge in [-0.1, -0.05) is 46.2 Å². The smallest absolute Gasteiger partial charge is 0.274 e. The van der Waals surface area contributed by atoms with Gasteiger partial charge in [-0.05, 0) is 36.5 Å². The number of amides is 1. The van der Waals surface area contributed by atoms with E-state index in [2.05, 4.69) is 47.9 Å². The zero-order valence-corrected chi connectivity index (χ0v) is 16.8. The number of nitrogens with one attached hydrogen (secondary N) is 1. The third kappa shape index (κ3) is 5.28. The molecule has 0 fully saturated rings. The summed E-state index contributed by atoms with van der Waals surface area (Å²) in [6.07, 6.45) is 2.20. The number of anilines is 2. The van der Waals surface area contributed by atoms with Crippen molar-refractivity contribution in [2.45, 2.75) is 52.9 Å². The van der Waals surface area contributed by atoms with Gasteiger partial charge in [0.05, 0.1) is 0 Å². The summed E-state index contributed by atoms with van der Waals surface area (Å²) in [7, 11) is 1.99. The summed E-state index contributed by atoms with van der Waals surface area (Å²) in [5.74, 6) is 1.16. The van der Waals surface area contributed by atoms with Crippen molar-refractivity contribution in [3.8, 4) is 0 Å². The fourth-order valence-corrected chi connectivity index (χ4v) is 2.62. The van der Waals surface area contributed by atoms with Gasteiger partial charge in [0.2, 0.25) is 0 Å². The number of aryl methyl sites for hydroxylation is 1. The lowest BCUT2D eigenvalue weighted by molar-refractivity contribution is 0.102. The molecule has 0 aliphatic heterocycles. The molecule has 140 valence electrons. The summed E-state index contributed by atoms with van der Waals surface area (Å²) in [6.45, 7) is 11.4. The predicted molar refractivity (Wildman–Crippen MR) is 108 cm³/mol. The summed E-state index contributed by atoms with van der Waals surface area (Å²) >= 11 is 0. The fourth-order valence-electron chi connectivity index (χ4n) is 2.62. The lowest BCUT2D eigenvalue weighted by Gasteiger charge is -2.19. The minimum Gasteiger partial charge on any atom is -0.360 e.